The maximum atomic E-state index is 6.91. The number of rotatable bonds is 6. The molecule has 1 nitrogen and oxygen atoms in total. The highest BCUT2D eigenvalue weighted by Crippen LogP contribution is 2.15. The maximum absolute atomic E-state index is 6.91. The van der Waals surface area contributed by atoms with Crippen molar-refractivity contribution in [2.24, 2.45) is 5.92 Å². The molecular formula is C24H22OSi. The van der Waals surface area contributed by atoms with Gasteiger partial charge in [0.15, 0.2) is 0 Å². The molecule has 2 heteroatoms. The Morgan fingerprint density at radius 2 is 0.962 bits per heavy atom. The molecule has 0 saturated heterocycles. The van der Waals surface area contributed by atoms with E-state index in [-0.39, 0.29) is 0 Å². The van der Waals surface area contributed by atoms with Crippen LogP contribution in [0.4, 0.5) is 0 Å². The molecule has 0 atom stereocenters. The Hall–Kier alpha value is -2.68. The second-order valence-corrected chi connectivity index (χ2v) is 9.91. The summed E-state index contributed by atoms with van der Waals surface area (Å²) in [5.41, 5.74) is 0. The third-order valence-corrected chi connectivity index (χ3v) is 8.90. The summed E-state index contributed by atoms with van der Waals surface area (Å²) in [5.74, 6) is 0.345. The lowest BCUT2D eigenvalue weighted by molar-refractivity contribution is 0.302. The molecule has 3 aromatic rings. The fourth-order valence-electron chi connectivity index (χ4n) is 3.58. The molecule has 0 bridgehead atoms. The van der Waals surface area contributed by atoms with Crippen LogP contribution >= 0.6 is 0 Å². The molecule has 0 saturated carbocycles. The smallest absolute Gasteiger partial charge is 0.288 e. The summed E-state index contributed by atoms with van der Waals surface area (Å²) in [5, 5.41) is 3.84. The molecule has 0 radical (unpaired) electrons. The van der Waals surface area contributed by atoms with Gasteiger partial charge in [-0.05, 0) is 15.6 Å². The van der Waals surface area contributed by atoms with Gasteiger partial charge in [-0.3, -0.25) is 0 Å². The Bertz CT molecular complexity index is 777. The Morgan fingerprint density at radius 1 is 0.577 bits per heavy atom. The predicted octanol–water partition coefficient (Wildman–Crippen LogP) is 3.41. The minimum atomic E-state index is -2.56. The van der Waals surface area contributed by atoms with Crippen molar-refractivity contribution < 1.29 is 4.43 Å². The zero-order chi connectivity index (χ0) is 17.7. The molecule has 0 unspecified atom stereocenters. The minimum absolute atomic E-state index is 0.345. The largest absolute Gasteiger partial charge is 0.403 e. The van der Waals surface area contributed by atoms with Crippen molar-refractivity contribution in [2.75, 3.05) is 6.61 Å². The van der Waals surface area contributed by atoms with Gasteiger partial charge in [0, 0.05) is 12.5 Å². The van der Waals surface area contributed by atoms with E-state index in [1.807, 2.05) is 0 Å². The van der Waals surface area contributed by atoms with Gasteiger partial charge >= 0.3 is 0 Å². The van der Waals surface area contributed by atoms with Gasteiger partial charge in [0.25, 0.3) is 8.32 Å². The topological polar surface area (TPSA) is 9.23 Å². The van der Waals surface area contributed by atoms with Gasteiger partial charge in [-0.2, -0.15) is 0 Å². The summed E-state index contributed by atoms with van der Waals surface area (Å²) in [4.78, 5) is 0. The number of hydrogen-bond donors (Lipinski definition) is 0. The van der Waals surface area contributed by atoms with Crippen LogP contribution in [0.3, 0.4) is 0 Å². The standard InChI is InChI=1S/C24H22OSi/c1-4-14-22(15-5-1)26(23-16-6-2-7-17-23,24-18-8-3-9-19-24)25-20-21-12-10-11-13-21/h1-19,21H,20H2. The molecule has 0 aromatic heterocycles. The first-order valence-corrected chi connectivity index (χ1v) is 11.0. The van der Waals surface area contributed by atoms with Crippen molar-refractivity contribution >= 4 is 23.9 Å². The van der Waals surface area contributed by atoms with Gasteiger partial charge in [0.2, 0.25) is 0 Å². The number of allylic oxidation sites excluding steroid dienone is 2. The highest BCUT2D eigenvalue weighted by Gasteiger charge is 2.42. The summed E-state index contributed by atoms with van der Waals surface area (Å²) in [7, 11) is -2.56. The van der Waals surface area contributed by atoms with Gasteiger partial charge in [0.1, 0.15) is 0 Å². The highest BCUT2D eigenvalue weighted by molar-refractivity contribution is 7.07. The van der Waals surface area contributed by atoms with Crippen LogP contribution in [-0.2, 0) is 4.43 Å². The van der Waals surface area contributed by atoms with E-state index in [1.54, 1.807) is 0 Å². The summed E-state index contributed by atoms with van der Waals surface area (Å²) in [6.07, 6.45) is 8.62. The third-order valence-electron chi connectivity index (χ3n) is 4.86. The Kier molecular flexibility index (Phi) is 4.96. The van der Waals surface area contributed by atoms with E-state index in [2.05, 4.69) is 115 Å². The summed E-state index contributed by atoms with van der Waals surface area (Å²) < 4.78 is 6.91. The van der Waals surface area contributed by atoms with Crippen LogP contribution in [-0.4, -0.2) is 14.9 Å². The Balaban J connectivity index is 1.87. The van der Waals surface area contributed by atoms with Crippen molar-refractivity contribution in [2.45, 2.75) is 0 Å². The van der Waals surface area contributed by atoms with Gasteiger partial charge in [-0.1, -0.05) is 115 Å². The van der Waals surface area contributed by atoms with Crippen LogP contribution in [0, 0.1) is 5.92 Å². The van der Waals surface area contributed by atoms with Gasteiger partial charge in [-0.15, -0.1) is 0 Å². The van der Waals surface area contributed by atoms with Crippen molar-refractivity contribution in [3.8, 4) is 0 Å². The molecule has 0 heterocycles. The van der Waals surface area contributed by atoms with Crippen LogP contribution in [0.2, 0.25) is 0 Å². The lowest BCUT2D eigenvalue weighted by Gasteiger charge is -2.33. The quantitative estimate of drug-likeness (QED) is 0.487. The summed E-state index contributed by atoms with van der Waals surface area (Å²) in [6.45, 7) is 0.692. The van der Waals surface area contributed by atoms with Crippen LogP contribution in [0.25, 0.3) is 0 Å². The maximum Gasteiger partial charge on any atom is 0.288 e. The average molecular weight is 355 g/mol. The SMILES string of the molecule is C1=CC(CO[Si](c2ccccc2)(c2ccccc2)c2ccccc2)C=C1. The Morgan fingerprint density at radius 3 is 1.35 bits per heavy atom. The van der Waals surface area contributed by atoms with Crippen LogP contribution in [0.1, 0.15) is 0 Å². The van der Waals surface area contributed by atoms with Crippen molar-refractivity contribution in [1.82, 2.24) is 0 Å². The van der Waals surface area contributed by atoms with E-state index in [1.165, 1.54) is 15.6 Å². The van der Waals surface area contributed by atoms with Gasteiger partial charge in [-0.25, -0.2) is 0 Å². The molecule has 0 N–H and O–H groups in total. The predicted molar refractivity (Wildman–Crippen MR) is 112 cm³/mol. The van der Waals surface area contributed by atoms with Crippen molar-refractivity contribution in [1.29, 1.82) is 0 Å². The highest BCUT2D eigenvalue weighted by atomic mass is 28.4. The van der Waals surface area contributed by atoms with Gasteiger partial charge in [0.05, 0.1) is 0 Å². The zero-order valence-electron chi connectivity index (χ0n) is 14.7. The third kappa shape index (κ3) is 3.21. The number of benzene rings is 3. The van der Waals surface area contributed by atoms with E-state index < -0.39 is 8.32 Å². The molecule has 26 heavy (non-hydrogen) atoms. The van der Waals surface area contributed by atoms with E-state index in [9.17, 15) is 0 Å². The molecule has 0 fully saturated rings. The second-order valence-electron chi connectivity index (χ2n) is 6.52. The van der Waals surface area contributed by atoms with E-state index in [0.717, 1.165) is 0 Å². The first-order chi connectivity index (χ1) is 12.9. The molecule has 0 amide bonds. The Labute approximate surface area is 156 Å². The van der Waals surface area contributed by atoms with Crippen molar-refractivity contribution in [3.63, 3.8) is 0 Å². The lowest BCUT2D eigenvalue weighted by atomic mass is 10.2. The molecule has 1 aliphatic carbocycles. The summed E-state index contributed by atoms with van der Waals surface area (Å²) >= 11 is 0. The second kappa shape index (κ2) is 7.69. The fourth-order valence-corrected chi connectivity index (χ4v) is 7.51. The van der Waals surface area contributed by atoms with E-state index in [4.69, 9.17) is 4.43 Å². The first kappa shape index (κ1) is 16.8. The molecule has 1 aliphatic rings. The zero-order valence-corrected chi connectivity index (χ0v) is 15.7. The molecule has 0 spiro atoms. The van der Waals surface area contributed by atoms with E-state index in [0.29, 0.717) is 12.5 Å². The average Bonchev–Trinajstić information content (AvgIpc) is 3.25. The lowest BCUT2D eigenvalue weighted by Crippen LogP contribution is -2.69. The minimum Gasteiger partial charge on any atom is -0.403 e. The first-order valence-electron chi connectivity index (χ1n) is 9.05. The normalized spacial score (nSPS) is 14.0. The fraction of sp³-hybridized carbons (Fsp3) is 0.0833. The monoisotopic (exact) mass is 354 g/mol. The molecule has 3 aromatic carbocycles. The van der Waals surface area contributed by atoms with E-state index >= 15 is 0 Å². The van der Waals surface area contributed by atoms with Crippen molar-refractivity contribution in [3.05, 3.63) is 115 Å². The number of hydrogen-bond acceptors (Lipinski definition) is 1. The summed E-state index contributed by atoms with van der Waals surface area (Å²) in [6, 6.07) is 32.2. The molecule has 128 valence electrons. The van der Waals surface area contributed by atoms with Crippen LogP contribution in [0.15, 0.2) is 115 Å². The molecule has 0 aliphatic heterocycles. The van der Waals surface area contributed by atoms with Crippen LogP contribution in [0.5, 0.6) is 0 Å². The van der Waals surface area contributed by atoms with Gasteiger partial charge < -0.3 is 4.43 Å². The molecule has 4 rings (SSSR count). The van der Waals surface area contributed by atoms with Crippen LogP contribution < -0.4 is 15.6 Å². The molecular weight excluding hydrogens is 332 g/mol.